The van der Waals surface area contributed by atoms with Gasteiger partial charge < -0.3 is 0 Å². The average Bonchev–Trinajstić information content (AvgIpc) is 3.10. The first-order chi connectivity index (χ1) is 15.7. The van der Waals surface area contributed by atoms with E-state index in [0.717, 1.165) is 9.85 Å². The molecule has 2 heterocycles. The molecule has 33 heavy (non-hydrogen) atoms. The van der Waals surface area contributed by atoms with E-state index in [2.05, 4.69) is 0 Å². The van der Waals surface area contributed by atoms with Crippen LogP contribution in [-0.2, 0) is 9.53 Å². The Labute approximate surface area is 199 Å². The second-order valence-electron chi connectivity index (χ2n) is 8.90. The predicted molar refractivity (Wildman–Crippen MR) is 129 cm³/mol. The molecule has 1 aliphatic heterocycles. The molecule has 6 nitrogen and oxygen atoms in total. The molecule has 0 N–H and O–H groups in total. The van der Waals surface area contributed by atoms with Gasteiger partial charge in [0.05, 0.1) is 0 Å². The maximum atomic E-state index is 13.8. The third-order valence-electron chi connectivity index (χ3n) is 5.41. The summed E-state index contributed by atoms with van der Waals surface area (Å²) in [4.78, 5) is 41.3. The average molecular weight is 509 g/mol. The van der Waals surface area contributed by atoms with Crippen LogP contribution in [0.25, 0.3) is 10.9 Å². The number of ether oxygens (including phenoxy) is 1. The molecule has 1 aromatic heterocycles. The monoisotopic (exact) mass is 510 g/mol. The van der Waals surface area contributed by atoms with Crippen LogP contribution in [0.1, 0.15) is 49.3 Å². The van der Waals surface area contributed by atoms with E-state index in [-0.39, 0.29) is 16.6 Å². The van der Waals surface area contributed by atoms with E-state index in [1.807, 2.05) is 60.7 Å². The van der Waals surface area contributed by atoms with Crippen molar-refractivity contribution >= 4 is 47.0 Å². The van der Waals surface area contributed by atoms with Crippen molar-refractivity contribution in [1.82, 2.24) is 9.47 Å². The first-order valence-corrected chi connectivity index (χ1v) is 12.5. The van der Waals surface area contributed by atoms with Crippen molar-refractivity contribution in [2.24, 2.45) is 0 Å². The summed E-state index contributed by atoms with van der Waals surface area (Å²) in [6.07, 6.45) is 3.32. The molecule has 0 saturated carbocycles. The Hall–Kier alpha value is -3.15. The zero-order valence-corrected chi connectivity index (χ0v) is 20.8. The molecule has 4 rings (SSSR count). The normalized spacial score (nSPS) is 16.3. The van der Waals surface area contributed by atoms with E-state index in [9.17, 15) is 14.4 Å². The van der Waals surface area contributed by atoms with Gasteiger partial charge in [0, 0.05) is 0 Å². The SMILES string of the molecule is CN1C(=O)C=CCC1c1c(C(=O)[Se]c2ccccc2)n(C(=O)OC(C)(C)C)c2ccccc12. The van der Waals surface area contributed by atoms with Crippen LogP contribution in [0.4, 0.5) is 4.79 Å². The van der Waals surface area contributed by atoms with Crippen LogP contribution in [0.3, 0.4) is 0 Å². The van der Waals surface area contributed by atoms with Gasteiger partial charge in [-0.1, -0.05) is 0 Å². The number of aromatic nitrogens is 1. The van der Waals surface area contributed by atoms with Crippen molar-refractivity contribution in [2.75, 3.05) is 7.05 Å². The summed E-state index contributed by atoms with van der Waals surface area (Å²) >= 11 is -0.558. The molecule has 1 unspecified atom stereocenters. The minimum absolute atomic E-state index is 0.132. The summed E-state index contributed by atoms with van der Waals surface area (Å²) in [6, 6.07) is 16.6. The molecule has 0 bridgehead atoms. The number of benzene rings is 2. The van der Waals surface area contributed by atoms with E-state index in [1.165, 1.54) is 4.57 Å². The van der Waals surface area contributed by atoms with Crippen LogP contribution in [0, 0.1) is 0 Å². The molecule has 0 radical (unpaired) electrons. The van der Waals surface area contributed by atoms with Gasteiger partial charge in [0.25, 0.3) is 0 Å². The van der Waals surface area contributed by atoms with Gasteiger partial charge in [0.15, 0.2) is 0 Å². The standard InChI is InChI=1S/C26H26N2O4Se/c1-26(2,3)32-25(31)28-19-14-9-8-13-18(19)22(20-15-10-16-21(29)27(20)4)23(28)24(30)33-17-11-6-5-7-12-17/h5-14,16,20H,15H2,1-4H3. The molecule has 3 aromatic rings. The summed E-state index contributed by atoms with van der Waals surface area (Å²) in [7, 11) is 1.73. The first-order valence-electron chi connectivity index (χ1n) is 10.7. The van der Waals surface area contributed by atoms with Crippen LogP contribution in [0.15, 0.2) is 66.7 Å². The van der Waals surface area contributed by atoms with Crippen molar-refractivity contribution in [2.45, 2.75) is 38.8 Å². The number of para-hydroxylation sites is 1. The van der Waals surface area contributed by atoms with Crippen molar-refractivity contribution in [3.05, 3.63) is 78.0 Å². The molecule has 1 atom stereocenters. The van der Waals surface area contributed by atoms with Gasteiger partial charge in [-0.2, -0.15) is 0 Å². The van der Waals surface area contributed by atoms with Gasteiger partial charge in [0.1, 0.15) is 0 Å². The summed E-state index contributed by atoms with van der Waals surface area (Å²) in [5.74, 6) is -0.132. The quantitative estimate of drug-likeness (QED) is 0.498. The predicted octanol–water partition coefficient (Wildman–Crippen LogP) is 4.05. The summed E-state index contributed by atoms with van der Waals surface area (Å²) in [5.41, 5.74) is 0.867. The molecule has 0 aliphatic carbocycles. The van der Waals surface area contributed by atoms with Gasteiger partial charge in [-0.25, -0.2) is 0 Å². The Morgan fingerprint density at radius 1 is 1.03 bits per heavy atom. The molecule has 0 fully saturated rings. The molecule has 7 heteroatoms. The molecule has 1 amide bonds. The number of nitrogens with zero attached hydrogens (tertiary/aromatic N) is 2. The molecule has 0 spiro atoms. The topological polar surface area (TPSA) is 68.6 Å². The summed E-state index contributed by atoms with van der Waals surface area (Å²) < 4.78 is 7.88. The minimum atomic E-state index is -0.728. The number of likely N-dealkylation sites (N-methyl/N-ethyl adjacent to an activating group) is 1. The molecular weight excluding hydrogens is 483 g/mol. The fourth-order valence-electron chi connectivity index (χ4n) is 3.98. The number of carbonyl (C=O) groups excluding carboxylic acids is 3. The van der Waals surface area contributed by atoms with E-state index in [1.54, 1.807) is 38.8 Å². The number of amides is 1. The van der Waals surface area contributed by atoms with Crippen molar-refractivity contribution in [3.8, 4) is 0 Å². The number of fused-ring (bicyclic) bond motifs is 1. The van der Waals surface area contributed by atoms with E-state index in [0.29, 0.717) is 23.2 Å². The van der Waals surface area contributed by atoms with Gasteiger partial charge in [0.2, 0.25) is 0 Å². The number of rotatable bonds is 4. The van der Waals surface area contributed by atoms with Crippen molar-refractivity contribution in [1.29, 1.82) is 0 Å². The van der Waals surface area contributed by atoms with Crippen molar-refractivity contribution < 1.29 is 19.1 Å². The molecule has 2 aromatic carbocycles. The van der Waals surface area contributed by atoms with Crippen LogP contribution < -0.4 is 4.46 Å². The number of hydrogen-bond donors (Lipinski definition) is 0. The van der Waals surface area contributed by atoms with E-state index >= 15 is 0 Å². The second-order valence-corrected chi connectivity index (χ2v) is 11.1. The van der Waals surface area contributed by atoms with E-state index in [4.69, 9.17) is 4.74 Å². The van der Waals surface area contributed by atoms with Crippen LogP contribution in [0.2, 0.25) is 0 Å². The zero-order valence-electron chi connectivity index (χ0n) is 19.1. The van der Waals surface area contributed by atoms with Gasteiger partial charge >= 0.3 is 199 Å². The Morgan fingerprint density at radius 3 is 2.39 bits per heavy atom. The van der Waals surface area contributed by atoms with Crippen molar-refractivity contribution in [3.63, 3.8) is 0 Å². The summed E-state index contributed by atoms with van der Waals surface area (Å²) in [6.45, 7) is 5.39. The first kappa shape index (κ1) is 23.0. The van der Waals surface area contributed by atoms with Gasteiger partial charge in [-0.15, -0.1) is 0 Å². The second kappa shape index (κ2) is 9.00. The van der Waals surface area contributed by atoms with Gasteiger partial charge in [-0.05, 0) is 0 Å². The van der Waals surface area contributed by atoms with Crippen LogP contribution >= 0.6 is 0 Å². The fraction of sp³-hybridized carbons (Fsp3) is 0.269. The third kappa shape index (κ3) is 4.65. The molecular formula is C26H26N2O4Se. The number of hydrogen-bond acceptors (Lipinski definition) is 4. The Bertz CT molecular complexity index is 1250. The Balaban J connectivity index is 1.95. The summed E-state index contributed by atoms with van der Waals surface area (Å²) in [5, 5.41) is 0.774. The molecule has 0 saturated heterocycles. The van der Waals surface area contributed by atoms with E-state index < -0.39 is 26.7 Å². The Kier molecular flexibility index (Phi) is 6.28. The molecule has 170 valence electrons. The van der Waals surface area contributed by atoms with Crippen LogP contribution in [-0.4, -0.2) is 53.8 Å². The van der Waals surface area contributed by atoms with Crippen LogP contribution in [0.5, 0.6) is 0 Å². The van der Waals surface area contributed by atoms with Gasteiger partial charge in [-0.3, -0.25) is 0 Å². The fourth-order valence-corrected chi connectivity index (χ4v) is 5.67. The zero-order chi connectivity index (χ0) is 23.8. The number of carbonyl (C=O) groups is 3. The third-order valence-corrected chi connectivity index (χ3v) is 7.27. The maximum absolute atomic E-state index is 13.8. The Morgan fingerprint density at radius 2 is 1.70 bits per heavy atom. The molecule has 1 aliphatic rings.